The summed E-state index contributed by atoms with van der Waals surface area (Å²) in [6, 6.07) is 7.58. The lowest BCUT2D eigenvalue weighted by Crippen LogP contribution is -2.45. The second-order valence-corrected chi connectivity index (χ2v) is 6.52. The second-order valence-electron chi connectivity index (χ2n) is 6.52. The summed E-state index contributed by atoms with van der Waals surface area (Å²) in [6.07, 6.45) is 2.25. The molecule has 2 aliphatic heterocycles. The van der Waals surface area contributed by atoms with Gasteiger partial charge in [-0.2, -0.15) is 0 Å². The average Bonchev–Trinajstić information content (AvgIpc) is 3.11. The number of likely N-dealkylation sites (tertiary alicyclic amines) is 1. The molecule has 0 aliphatic carbocycles. The maximum Gasteiger partial charge on any atom is 0.253 e. The molecular formula is C18H27N3O2. The Morgan fingerprint density at radius 2 is 1.65 bits per heavy atom. The van der Waals surface area contributed by atoms with Crippen LogP contribution in [0.1, 0.15) is 23.2 Å². The predicted molar refractivity (Wildman–Crippen MR) is 91.0 cm³/mol. The molecule has 0 saturated carbocycles. The third kappa shape index (κ3) is 4.45. The third-order valence-corrected chi connectivity index (χ3v) is 4.77. The van der Waals surface area contributed by atoms with Gasteiger partial charge in [-0.25, -0.2) is 0 Å². The van der Waals surface area contributed by atoms with E-state index in [2.05, 4.69) is 16.8 Å². The Bertz CT molecular complexity index is 504. The van der Waals surface area contributed by atoms with E-state index in [0.717, 1.165) is 70.0 Å². The fraction of sp³-hybridized carbons (Fsp3) is 0.611. The first kappa shape index (κ1) is 16.3. The summed E-state index contributed by atoms with van der Waals surface area (Å²) >= 11 is 0. The van der Waals surface area contributed by atoms with Gasteiger partial charge in [0.2, 0.25) is 0 Å². The molecule has 2 heterocycles. The molecule has 0 bridgehead atoms. The van der Waals surface area contributed by atoms with Gasteiger partial charge in [0.1, 0.15) is 12.4 Å². The summed E-state index contributed by atoms with van der Waals surface area (Å²) < 4.78 is 5.82. The van der Waals surface area contributed by atoms with Crippen molar-refractivity contribution in [3.05, 3.63) is 29.8 Å². The van der Waals surface area contributed by atoms with Crippen molar-refractivity contribution in [3.8, 4) is 5.75 Å². The average molecular weight is 317 g/mol. The zero-order chi connectivity index (χ0) is 16.1. The number of carbonyl (C=O) groups is 1. The number of hydrogen-bond acceptors (Lipinski definition) is 4. The van der Waals surface area contributed by atoms with Gasteiger partial charge in [0.05, 0.1) is 0 Å². The number of amides is 1. The van der Waals surface area contributed by atoms with E-state index in [4.69, 9.17) is 4.74 Å². The van der Waals surface area contributed by atoms with Crippen LogP contribution < -0.4 is 4.74 Å². The highest BCUT2D eigenvalue weighted by Crippen LogP contribution is 2.16. The summed E-state index contributed by atoms with van der Waals surface area (Å²) in [4.78, 5) is 19.0. The molecule has 1 aromatic rings. The third-order valence-electron chi connectivity index (χ3n) is 4.77. The van der Waals surface area contributed by atoms with Crippen LogP contribution in [0.2, 0.25) is 0 Å². The lowest BCUT2D eigenvalue weighted by molar-refractivity contribution is 0.0793. The number of benzene rings is 1. The molecule has 23 heavy (non-hydrogen) atoms. The molecule has 0 aromatic heterocycles. The number of carbonyl (C=O) groups excluding carboxylic acids is 1. The first-order chi connectivity index (χ1) is 11.2. The molecule has 1 aromatic carbocycles. The Labute approximate surface area is 138 Å². The largest absolute Gasteiger partial charge is 0.492 e. The summed E-state index contributed by atoms with van der Waals surface area (Å²) in [5.74, 6) is 0.989. The maximum absolute atomic E-state index is 12.3. The van der Waals surface area contributed by atoms with Crippen LogP contribution in [0.4, 0.5) is 0 Å². The predicted octanol–water partition coefficient (Wildman–Crippen LogP) is 1.55. The van der Waals surface area contributed by atoms with Crippen molar-refractivity contribution in [2.45, 2.75) is 12.8 Å². The van der Waals surface area contributed by atoms with E-state index in [0.29, 0.717) is 6.61 Å². The van der Waals surface area contributed by atoms with Crippen LogP contribution in [0.25, 0.3) is 0 Å². The molecule has 5 nitrogen and oxygen atoms in total. The van der Waals surface area contributed by atoms with E-state index < -0.39 is 0 Å². The lowest BCUT2D eigenvalue weighted by Gasteiger charge is -2.32. The fourth-order valence-electron chi connectivity index (χ4n) is 3.16. The first-order valence-corrected chi connectivity index (χ1v) is 8.65. The van der Waals surface area contributed by atoms with Crippen LogP contribution in [-0.4, -0.2) is 80.1 Å². The van der Waals surface area contributed by atoms with Crippen LogP contribution in [0.15, 0.2) is 24.3 Å². The molecule has 5 heteroatoms. The molecule has 2 saturated heterocycles. The van der Waals surface area contributed by atoms with Crippen LogP contribution in [-0.2, 0) is 0 Å². The Morgan fingerprint density at radius 3 is 2.30 bits per heavy atom. The van der Waals surface area contributed by atoms with Gasteiger partial charge < -0.3 is 14.5 Å². The Hall–Kier alpha value is -1.59. The highest BCUT2D eigenvalue weighted by molar-refractivity contribution is 5.94. The van der Waals surface area contributed by atoms with E-state index >= 15 is 0 Å². The van der Waals surface area contributed by atoms with Crippen molar-refractivity contribution >= 4 is 5.91 Å². The molecule has 0 unspecified atom stereocenters. The van der Waals surface area contributed by atoms with Crippen molar-refractivity contribution < 1.29 is 9.53 Å². The molecule has 3 rings (SSSR count). The number of nitrogens with zero attached hydrogens (tertiary/aromatic N) is 3. The zero-order valence-corrected chi connectivity index (χ0v) is 14.0. The molecule has 0 N–H and O–H groups in total. The van der Waals surface area contributed by atoms with Crippen molar-refractivity contribution in [1.29, 1.82) is 0 Å². The van der Waals surface area contributed by atoms with E-state index in [1.54, 1.807) is 0 Å². The Morgan fingerprint density at radius 1 is 1.00 bits per heavy atom. The molecule has 1 amide bonds. The van der Waals surface area contributed by atoms with Crippen LogP contribution in [0.3, 0.4) is 0 Å². The van der Waals surface area contributed by atoms with E-state index in [9.17, 15) is 4.79 Å². The van der Waals surface area contributed by atoms with Gasteiger partial charge in [-0.3, -0.25) is 9.69 Å². The molecular weight excluding hydrogens is 290 g/mol. The van der Waals surface area contributed by atoms with Gasteiger partial charge in [-0.1, -0.05) is 0 Å². The van der Waals surface area contributed by atoms with Gasteiger partial charge in [-0.05, 0) is 44.2 Å². The van der Waals surface area contributed by atoms with Crippen molar-refractivity contribution in [2.24, 2.45) is 0 Å². The van der Waals surface area contributed by atoms with Gasteiger partial charge in [-0.15, -0.1) is 0 Å². The van der Waals surface area contributed by atoms with Crippen molar-refractivity contribution in [2.75, 3.05) is 59.5 Å². The smallest absolute Gasteiger partial charge is 0.253 e. The van der Waals surface area contributed by atoms with Gasteiger partial charge in [0.15, 0.2) is 0 Å². The monoisotopic (exact) mass is 317 g/mol. The van der Waals surface area contributed by atoms with Crippen molar-refractivity contribution in [3.63, 3.8) is 0 Å². The van der Waals surface area contributed by atoms with Gasteiger partial charge in [0.25, 0.3) is 5.91 Å². The minimum absolute atomic E-state index is 0.145. The van der Waals surface area contributed by atoms with Crippen LogP contribution in [0.5, 0.6) is 5.75 Å². The highest BCUT2D eigenvalue weighted by Gasteiger charge is 2.19. The number of piperazine rings is 1. The summed E-state index contributed by atoms with van der Waals surface area (Å²) in [6.45, 7) is 7.93. The number of rotatable bonds is 5. The topological polar surface area (TPSA) is 36.0 Å². The highest BCUT2D eigenvalue weighted by atomic mass is 16.5. The molecule has 0 atom stereocenters. The lowest BCUT2D eigenvalue weighted by atomic mass is 10.2. The molecule has 0 radical (unpaired) electrons. The van der Waals surface area contributed by atoms with Gasteiger partial charge >= 0.3 is 0 Å². The summed E-state index contributed by atoms with van der Waals surface area (Å²) in [5.41, 5.74) is 0.762. The normalized spacial score (nSPS) is 20.0. The van der Waals surface area contributed by atoms with Gasteiger partial charge in [0, 0.05) is 51.4 Å². The SMILES string of the molecule is CN1CCN(CCOc2ccc(C(=O)N3CCCC3)cc2)CC1. The minimum Gasteiger partial charge on any atom is -0.492 e. The second kappa shape index (κ2) is 7.79. The number of ether oxygens (including phenoxy) is 1. The summed E-state index contributed by atoms with van der Waals surface area (Å²) in [7, 11) is 2.17. The van der Waals surface area contributed by atoms with Crippen LogP contribution in [0, 0.1) is 0 Å². The fourth-order valence-corrected chi connectivity index (χ4v) is 3.16. The van der Waals surface area contributed by atoms with E-state index in [1.165, 1.54) is 0 Å². The first-order valence-electron chi connectivity index (χ1n) is 8.65. The molecule has 0 spiro atoms. The Balaban J connectivity index is 1.43. The Kier molecular flexibility index (Phi) is 5.51. The van der Waals surface area contributed by atoms with E-state index in [-0.39, 0.29) is 5.91 Å². The van der Waals surface area contributed by atoms with Crippen molar-refractivity contribution in [1.82, 2.24) is 14.7 Å². The minimum atomic E-state index is 0.145. The van der Waals surface area contributed by atoms with Crippen LogP contribution >= 0.6 is 0 Å². The maximum atomic E-state index is 12.3. The molecule has 2 fully saturated rings. The molecule has 126 valence electrons. The number of likely N-dealkylation sites (N-methyl/N-ethyl adjacent to an activating group) is 1. The standard InChI is InChI=1S/C18H27N3O2/c1-19-10-12-20(13-11-19)14-15-23-17-6-4-16(5-7-17)18(22)21-8-2-3-9-21/h4-7H,2-3,8-15H2,1H3. The van der Waals surface area contributed by atoms with E-state index in [1.807, 2.05) is 29.2 Å². The number of hydrogen-bond donors (Lipinski definition) is 0. The summed E-state index contributed by atoms with van der Waals surface area (Å²) in [5, 5.41) is 0. The molecule has 2 aliphatic rings. The quantitative estimate of drug-likeness (QED) is 0.825. The zero-order valence-electron chi connectivity index (χ0n) is 14.0.